The molecule has 2 heterocycles. The molecule has 0 atom stereocenters. The Morgan fingerprint density at radius 1 is 1.20 bits per heavy atom. The van der Waals surface area contributed by atoms with Gasteiger partial charge in [-0.05, 0) is 24.3 Å². The number of hydrogen-bond acceptors (Lipinski definition) is 5. The molecule has 128 valence electrons. The van der Waals surface area contributed by atoms with Gasteiger partial charge in [-0.1, -0.05) is 6.07 Å². The number of halogens is 3. The molecule has 1 aromatic carbocycles. The second kappa shape index (κ2) is 6.04. The van der Waals surface area contributed by atoms with E-state index in [0.29, 0.717) is 0 Å². The lowest BCUT2D eigenvalue weighted by Gasteiger charge is -2.11. The first-order valence-corrected chi connectivity index (χ1v) is 7.00. The number of esters is 1. The lowest BCUT2D eigenvalue weighted by atomic mass is 10.1. The monoisotopic (exact) mass is 349 g/mol. The number of methoxy groups -OCH3 is 1. The van der Waals surface area contributed by atoms with Gasteiger partial charge in [0.05, 0.1) is 12.5 Å². The summed E-state index contributed by atoms with van der Waals surface area (Å²) in [6, 6.07) is 7.59. The topological polar surface area (TPSA) is 69.4 Å². The Bertz CT molecular complexity index is 1020. The van der Waals surface area contributed by atoms with Crippen LogP contribution in [-0.2, 0) is 10.9 Å². The van der Waals surface area contributed by atoms with Gasteiger partial charge in [0, 0.05) is 17.8 Å². The zero-order valence-corrected chi connectivity index (χ0v) is 12.8. The van der Waals surface area contributed by atoms with Gasteiger partial charge >= 0.3 is 12.1 Å². The Morgan fingerprint density at radius 2 is 1.96 bits per heavy atom. The first-order chi connectivity index (χ1) is 11.8. The molecule has 0 amide bonds. The summed E-state index contributed by atoms with van der Waals surface area (Å²) in [5.41, 5.74) is -2.37. The number of hydrogen-bond donors (Lipinski definition) is 0. The maximum absolute atomic E-state index is 13.2. The molecule has 3 aromatic rings. The zero-order chi connectivity index (χ0) is 18.2. The smallest absolute Gasteiger partial charge is 0.434 e. The molecule has 5 nitrogen and oxygen atoms in total. The average molecular weight is 349 g/mol. The largest absolute Gasteiger partial charge is 0.465 e. The summed E-state index contributed by atoms with van der Waals surface area (Å²) in [7, 11) is 1.14. The van der Waals surface area contributed by atoms with Gasteiger partial charge in [-0.25, -0.2) is 4.79 Å². The summed E-state index contributed by atoms with van der Waals surface area (Å²) in [6.45, 7) is 0. The number of carbonyl (C=O) groups is 1. The Balaban J connectivity index is 2.34. The average Bonchev–Trinajstić information content (AvgIpc) is 2.60. The summed E-state index contributed by atoms with van der Waals surface area (Å²) >= 11 is 0. The SMILES string of the molecule is COC(=O)c1cccc2c(=O)cc(-c3cccnc3C(F)(F)F)oc12. The Hall–Kier alpha value is -3.16. The summed E-state index contributed by atoms with van der Waals surface area (Å²) < 4.78 is 49.6. The molecule has 3 rings (SSSR count). The molecule has 0 aliphatic carbocycles. The van der Waals surface area contributed by atoms with Crippen molar-refractivity contribution in [2.24, 2.45) is 0 Å². The van der Waals surface area contributed by atoms with Gasteiger partial charge in [0.1, 0.15) is 11.3 Å². The van der Waals surface area contributed by atoms with Crippen LogP contribution < -0.4 is 5.43 Å². The van der Waals surface area contributed by atoms with Crippen LogP contribution in [0.3, 0.4) is 0 Å². The minimum atomic E-state index is -4.73. The summed E-state index contributed by atoms with van der Waals surface area (Å²) in [4.78, 5) is 27.5. The number of fused-ring (bicyclic) bond motifs is 1. The van der Waals surface area contributed by atoms with Crippen molar-refractivity contribution >= 4 is 16.9 Å². The van der Waals surface area contributed by atoms with E-state index in [-0.39, 0.29) is 22.3 Å². The molecule has 0 fully saturated rings. The maximum Gasteiger partial charge on any atom is 0.434 e. The quantitative estimate of drug-likeness (QED) is 0.661. The fourth-order valence-corrected chi connectivity index (χ4v) is 2.41. The molecule has 0 aliphatic rings. The molecular formula is C17H10F3NO4. The van der Waals surface area contributed by atoms with Gasteiger partial charge in [0.25, 0.3) is 0 Å². The van der Waals surface area contributed by atoms with Gasteiger partial charge in [-0.15, -0.1) is 0 Å². The molecule has 0 aliphatic heterocycles. The molecule has 2 aromatic heterocycles. The number of aromatic nitrogens is 1. The number of rotatable bonds is 2. The van der Waals surface area contributed by atoms with E-state index in [0.717, 1.165) is 25.4 Å². The van der Waals surface area contributed by atoms with Crippen LogP contribution in [0.5, 0.6) is 0 Å². The molecule has 0 bridgehead atoms. The Labute approximate surface area is 138 Å². The molecule has 8 heteroatoms. The van der Waals surface area contributed by atoms with Crippen molar-refractivity contribution in [2.45, 2.75) is 6.18 Å². The minimum Gasteiger partial charge on any atom is -0.465 e. The summed E-state index contributed by atoms with van der Waals surface area (Å²) in [6.07, 6.45) is -3.74. The molecule has 0 radical (unpaired) electrons. The Kier molecular flexibility index (Phi) is 4.03. The fraction of sp³-hybridized carbons (Fsp3) is 0.118. The molecule has 25 heavy (non-hydrogen) atoms. The van der Waals surface area contributed by atoms with E-state index >= 15 is 0 Å². The van der Waals surface area contributed by atoms with Crippen molar-refractivity contribution in [1.29, 1.82) is 0 Å². The van der Waals surface area contributed by atoms with Crippen LogP contribution >= 0.6 is 0 Å². The van der Waals surface area contributed by atoms with Gasteiger partial charge in [-0.3, -0.25) is 9.78 Å². The van der Waals surface area contributed by atoms with E-state index < -0.39 is 28.8 Å². The van der Waals surface area contributed by atoms with Crippen LogP contribution in [-0.4, -0.2) is 18.1 Å². The van der Waals surface area contributed by atoms with Gasteiger partial charge < -0.3 is 9.15 Å². The number of nitrogens with zero attached hydrogens (tertiary/aromatic N) is 1. The highest BCUT2D eigenvalue weighted by molar-refractivity contribution is 6.02. The van der Waals surface area contributed by atoms with Crippen LogP contribution in [0.4, 0.5) is 13.2 Å². The maximum atomic E-state index is 13.2. The molecule has 0 N–H and O–H groups in total. The standard InChI is InChI=1S/C17H10F3NO4/c1-24-16(23)11-5-2-4-9-12(22)8-13(25-14(9)11)10-6-3-7-21-15(10)17(18,19)20/h2-8H,1H3. The van der Waals surface area contributed by atoms with Crippen molar-refractivity contribution in [1.82, 2.24) is 4.98 Å². The third-order valence-corrected chi connectivity index (χ3v) is 3.50. The summed E-state index contributed by atoms with van der Waals surface area (Å²) in [5.74, 6) is -1.11. The fourth-order valence-electron chi connectivity index (χ4n) is 2.41. The molecular weight excluding hydrogens is 339 g/mol. The van der Waals surface area contributed by atoms with Crippen molar-refractivity contribution in [3.8, 4) is 11.3 Å². The number of para-hydroxylation sites is 1. The highest BCUT2D eigenvalue weighted by Gasteiger charge is 2.36. The number of pyridine rings is 1. The van der Waals surface area contributed by atoms with Crippen LogP contribution in [0.25, 0.3) is 22.3 Å². The number of carbonyl (C=O) groups excluding carboxylic acids is 1. The van der Waals surface area contributed by atoms with E-state index in [1.54, 1.807) is 0 Å². The van der Waals surface area contributed by atoms with Crippen LogP contribution in [0.15, 0.2) is 51.8 Å². The molecule has 0 saturated carbocycles. The van der Waals surface area contributed by atoms with E-state index in [9.17, 15) is 22.8 Å². The third kappa shape index (κ3) is 2.98. The lowest BCUT2D eigenvalue weighted by Crippen LogP contribution is -2.11. The molecule has 0 spiro atoms. The van der Waals surface area contributed by atoms with Crippen LogP contribution in [0.1, 0.15) is 16.1 Å². The summed E-state index contributed by atoms with van der Waals surface area (Å²) in [5, 5.41) is 0.0594. The highest BCUT2D eigenvalue weighted by atomic mass is 19.4. The van der Waals surface area contributed by atoms with Crippen molar-refractivity contribution in [2.75, 3.05) is 7.11 Å². The highest BCUT2D eigenvalue weighted by Crippen LogP contribution is 2.35. The number of benzene rings is 1. The normalized spacial score (nSPS) is 11.5. The second-order valence-electron chi connectivity index (χ2n) is 5.05. The van der Waals surface area contributed by atoms with Crippen molar-refractivity contribution in [3.63, 3.8) is 0 Å². The lowest BCUT2D eigenvalue weighted by molar-refractivity contribution is -0.140. The zero-order valence-electron chi connectivity index (χ0n) is 12.8. The van der Waals surface area contributed by atoms with E-state index in [1.165, 1.54) is 24.3 Å². The third-order valence-electron chi connectivity index (χ3n) is 3.50. The number of alkyl halides is 3. The van der Waals surface area contributed by atoms with Crippen molar-refractivity contribution < 1.29 is 27.1 Å². The van der Waals surface area contributed by atoms with E-state index in [4.69, 9.17) is 4.42 Å². The second-order valence-corrected chi connectivity index (χ2v) is 5.05. The first kappa shape index (κ1) is 16.7. The van der Waals surface area contributed by atoms with Crippen molar-refractivity contribution in [3.05, 3.63) is 64.1 Å². The molecule has 0 unspecified atom stereocenters. The van der Waals surface area contributed by atoms with Gasteiger partial charge in [0.2, 0.25) is 0 Å². The van der Waals surface area contributed by atoms with E-state index in [1.807, 2.05) is 0 Å². The predicted molar refractivity (Wildman–Crippen MR) is 82.1 cm³/mol. The van der Waals surface area contributed by atoms with Gasteiger partial charge in [0.15, 0.2) is 16.7 Å². The predicted octanol–water partition coefficient (Wildman–Crippen LogP) is 3.66. The number of ether oxygens (including phenoxy) is 1. The Morgan fingerprint density at radius 3 is 2.64 bits per heavy atom. The van der Waals surface area contributed by atoms with Crippen LogP contribution in [0.2, 0.25) is 0 Å². The minimum absolute atomic E-state index is 0.0589. The van der Waals surface area contributed by atoms with E-state index in [2.05, 4.69) is 9.72 Å². The van der Waals surface area contributed by atoms with Gasteiger partial charge in [-0.2, -0.15) is 13.2 Å². The first-order valence-electron chi connectivity index (χ1n) is 7.00. The van der Waals surface area contributed by atoms with Crippen LogP contribution in [0, 0.1) is 0 Å². The molecule has 0 saturated heterocycles.